The molecule has 0 N–H and O–H groups in total. The first-order valence-corrected chi connectivity index (χ1v) is 5.86. The Kier molecular flexibility index (Phi) is 7.53. The second-order valence-corrected chi connectivity index (χ2v) is 3.47. The summed E-state index contributed by atoms with van der Waals surface area (Å²) in [5.74, 6) is 1.57. The third kappa shape index (κ3) is 5.76. The zero-order chi connectivity index (χ0) is 13.3. The maximum atomic E-state index is 5.69. The highest BCUT2D eigenvalue weighted by Gasteiger charge is 2.00. The van der Waals surface area contributed by atoms with Gasteiger partial charge in [-0.15, -0.1) is 0 Å². The fourth-order valence-electron chi connectivity index (χ4n) is 1.18. The Morgan fingerprint density at radius 1 is 1.29 bits per heavy atom. The SMILES string of the molecule is C=C/C=C(/Oc1cccc(C)c1)C(=C)C.CC. The first kappa shape index (κ1) is 15.2. The van der Waals surface area contributed by atoms with Crippen LogP contribution in [0.15, 0.2) is 60.9 Å². The van der Waals surface area contributed by atoms with Crippen molar-refractivity contribution in [2.24, 2.45) is 0 Å². The van der Waals surface area contributed by atoms with Crippen molar-refractivity contribution in [3.05, 3.63) is 66.5 Å². The van der Waals surface area contributed by atoms with Gasteiger partial charge >= 0.3 is 0 Å². The van der Waals surface area contributed by atoms with Gasteiger partial charge in [-0.1, -0.05) is 45.2 Å². The Morgan fingerprint density at radius 2 is 1.94 bits per heavy atom. The highest BCUT2D eigenvalue weighted by Crippen LogP contribution is 2.18. The lowest BCUT2D eigenvalue weighted by atomic mass is 10.2. The molecule has 0 fully saturated rings. The number of allylic oxidation sites excluding steroid dienone is 3. The van der Waals surface area contributed by atoms with Crippen molar-refractivity contribution in [3.63, 3.8) is 0 Å². The van der Waals surface area contributed by atoms with Crippen molar-refractivity contribution in [3.8, 4) is 5.75 Å². The van der Waals surface area contributed by atoms with Crippen LogP contribution in [0.5, 0.6) is 5.75 Å². The summed E-state index contributed by atoms with van der Waals surface area (Å²) in [7, 11) is 0. The number of aryl methyl sites for hydroxylation is 1. The summed E-state index contributed by atoms with van der Waals surface area (Å²) in [6.45, 7) is 15.4. The van der Waals surface area contributed by atoms with Gasteiger partial charge in [-0.05, 0) is 43.2 Å². The number of hydrogen-bond acceptors (Lipinski definition) is 1. The summed E-state index contributed by atoms with van der Waals surface area (Å²) >= 11 is 0. The van der Waals surface area contributed by atoms with Crippen LogP contribution in [0.1, 0.15) is 26.3 Å². The van der Waals surface area contributed by atoms with Gasteiger partial charge in [0.1, 0.15) is 11.5 Å². The minimum Gasteiger partial charge on any atom is -0.457 e. The normalized spacial score (nSPS) is 10.0. The van der Waals surface area contributed by atoms with Crippen molar-refractivity contribution in [2.75, 3.05) is 0 Å². The van der Waals surface area contributed by atoms with E-state index in [1.807, 2.05) is 58.0 Å². The van der Waals surface area contributed by atoms with Crippen LogP contribution in [0.2, 0.25) is 0 Å². The van der Waals surface area contributed by atoms with Crippen molar-refractivity contribution in [1.82, 2.24) is 0 Å². The first-order chi connectivity index (χ1) is 8.13. The van der Waals surface area contributed by atoms with Crippen LogP contribution in [0, 0.1) is 6.92 Å². The summed E-state index contributed by atoms with van der Waals surface area (Å²) in [4.78, 5) is 0. The molecule has 0 aliphatic carbocycles. The minimum atomic E-state index is 0.746. The Morgan fingerprint density at radius 3 is 2.41 bits per heavy atom. The zero-order valence-corrected chi connectivity index (χ0v) is 11.3. The van der Waals surface area contributed by atoms with Gasteiger partial charge in [-0.3, -0.25) is 0 Å². The molecule has 0 aliphatic heterocycles. The van der Waals surface area contributed by atoms with E-state index in [1.54, 1.807) is 6.08 Å². The van der Waals surface area contributed by atoms with E-state index in [9.17, 15) is 0 Å². The van der Waals surface area contributed by atoms with Gasteiger partial charge in [0.15, 0.2) is 0 Å². The molecule has 0 spiro atoms. The quantitative estimate of drug-likeness (QED) is 0.519. The Balaban J connectivity index is 0.00000121. The van der Waals surface area contributed by atoms with Gasteiger partial charge in [0.05, 0.1) is 0 Å². The van der Waals surface area contributed by atoms with Gasteiger partial charge in [0.2, 0.25) is 0 Å². The molecule has 0 aromatic heterocycles. The highest BCUT2D eigenvalue weighted by molar-refractivity contribution is 5.33. The van der Waals surface area contributed by atoms with Gasteiger partial charge in [0.25, 0.3) is 0 Å². The molecule has 0 heterocycles. The molecule has 0 saturated carbocycles. The maximum Gasteiger partial charge on any atom is 0.129 e. The molecule has 0 saturated heterocycles. The lowest BCUT2D eigenvalue weighted by Gasteiger charge is -2.09. The predicted octanol–water partition coefficient (Wildman–Crippen LogP) is 5.05. The summed E-state index contributed by atoms with van der Waals surface area (Å²) in [6.07, 6.45) is 3.50. The summed E-state index contributed by atoms with van der Waals surface area (Å²) in [5.41, 5.74) is 2.06. The van der Waals surface area contributed by atoms with Crippen LogP contribution in [0.3, 0.4) is 0 Å². The molecule has 17 heavy (non-hydrogen) atoms. The monoisotopic (exact) mass is 230 g/mol. The van der Waals surface area contributed by atoms with Gasteiger partial charge in [0, 0.05) is 0 Å². The summed E-state index contributed by atoms with van der Waals surface area (Å²) < 4.78 is 5.69. The van der Waals surface area contributed by atoms with Crippen LogP contribution in [-0.2, 0) is 0 Å². The first-order valence-electron chi connectivity index (χ1n) is 5.86. The molecule has 0 atom stereocenters. The minimum absolute atomic E-state index is 0.746. The van der Waals surface area contributed by atoms with E-state index in [-0.39, 0.29) is 0 Å². The molecule has 1 heteroatoms. The van der Waals surface area contributed by atoms with E-state index in [2.05, 4.69) is 13.2 Å². The number of benzene rings is 1. The predicted molar refractivity (Wildman–Crippen MR) is 76.2 cm³/mol. The van der Waals surface area contributed by atoms with E-state index < -0.39 is 0 Å². The largest absolute Gasteiger partial charge is 0.457 e. The van der Waals surface area contributed by atoms with Crippen LogP contribution in [-0.4, -0.2) is 0 Å². The molecule has 0 aliphatic rings. The number of ether oxygens (including phenoxy) is 1. The van der Waals surface area contributed by atoms with Crippen molar-refractivity contribution >= 4 is 0 Å². The summed E-state index contributed by atoms with van der Waals surface area (Å²) in [6, 6.07) is 7.91. The highest BCUT2D eigenvalue weighted by atomic mass is 16.5. The zero-order valence-electron chi connectivity index (χ0n) is 11.3. The molecular weight excluding hydrogens is 208 g/mol. The van der Waals surface area contributed by atoms with Crippen LogP contribution in [0.4, 0.5) is 0 Å². The van der Waals surface area contributed by atoms with Crippen molar-refractivity contribution in [1.29, 1.82) is 0 Å². The van der Waals surface area contributed by atoms with E-state index in [0.29, 0.717) is 0 Å². The average Bonchev–Trinajstić information content (AvgIpc) is 2.31. The maximum absolute atomic E-state index is 5.69. The van der Waals surface area contributed by atoms with E-state index >= 15 is 0 Å². The lowest BCUT2D eigenvalue weighted by molar-refractivity contribution is 0.436. The molecule has 1 nitrogen and oxygen atoms in total. The third-order valence-corrected chi connectivity index (χ3v) is 1.91. The molecular formula is C16H22O. The fourth-order valence-corrected chi connectivity index (χ4v) is 1.18. The van der Waals surface area contributed by atoms with Gasteiger partial charge in [-0.25, -0.2) is 0 Å². The molecule has 0 amide bonds. The lowest BCUT2D eigenvalue weighted by Crippen LogP contribution is -1.95. The molecule has 1 aromatic rings. The van der Waals surface area contributed by atoms with E-state index in [0.717, 1.165) is 17.1 Å². The fraction of sp³-hybridized carbons (Fsp3) is 0.250. The summed E-state index contributed by atoms with van der Waals surface area (Å²) in [5, 5.41) is 0. The van der Waals surface area contributed by atoms with Crippen LogP contribution < -0.4 is 4.74 Å². The average molecular weight is 230 g/mol. The van der Waals surface area contributed by atoms with Gasteiger partial charge < -0.3 is 4.74 Å². The molecule has 92 valence electrons. The molecule has 0 bridgehead atoms. The Bertz CT molecular complexity index is 400. The second kappa shape index (κ2) is 8.40. The number of hydrogen-bond donors (Lipinski definition) is 0. The topological polar surface area (TPSA) is 9.23 Å². The Hall–Kier alpha value is -1.76. The molecule has 1 aromatic carbocycles. The van der Waals surface area contributed by atoms with Crippen molar-refractivity contribution in [2.45, 2.75) is 27.7 Å². The third-order valence-electron chi connectivity index (χ3n) is 1.91. The second-order valence-electron chi connectivity index (χ2n) is 3.47. The van der Waals surface area contributed by atoms with E-state index in [4.69, 9.17) is 4.74 Å². The van der Waals surface area contributed by atoms with E-state index in [1.165, 1.54) is 5.56 Å². The standard InChI is InChI=1S/C14H16O.C2H6/c1-5-7-14(11(2)3)15-13-9-6-8-12(4)10-13;1-2/h5-10H,1-2H2,3-4H3;1-2H3/b14-7+;. The smallest absolute Gasteiger partial charge is 0.129 e. The van der Waals surface area contributed by atoms with Crippen molar-refractivity contribution < 1.29 is 4.74 Å². The van der Waals surface area contributed by atoms with Crippen LogP contribution in [0.25, 0.3) is 0 Å². The molecule has 0 unspecified atom stereocenters. The number of rotatable bonds is 4. The Labute approximate surface area is 105 Å². The molecule has 1 rings (SSSR count). The van der Waals surface area contributed by atoms with Crippen LogP contribution >= 0.6 is 0 Å². The molecule has 0 radical (unpaired) electrons. The van der Waals surface area contributed by atoms with Gasteiger partial charge in [-0.2, -0.15) is 0 Å².